The molecule has 0 N–H and O–H groups in total. The van der Waals surface area contributed by atoms with Crippen LogP contribution in [0.15, 0.2) is 36.6 Å². The molecule has 0 spiro atoms. The van der Waals surface area contributed by atoms with Crippen molar-refractivity contribution in [1.82, 2.24) is 24.9 Å². The molecule has 1 aliphatic heterocycles. The minimum absolute atomic E-state index is 0.000460. The van der Waals surface area contributed by atoms with Crippen molar-refractivity contribution in [1.29, 1.82) is 0 Å². The number of benzene rings is 1. The molecule has 2 aromatic heterocycles. The number of hydrogen-bond donors (Lipinski definition) is 0. The highest BCUT2D eigenvalue weighted by molar-refractivity contribution is 9.10. The van der Waals surface area contributed by atoms with Crippen molar-refractivity contribution in [2.45, 2.75) is 39.2 Å². The molecule has 13 heteroatoms. The maximum Gasteiger partial charge on any atom is 0.446 e. The van der Waals surface area contributed by atoms with Crippen LogP contribution in [0.25, 0.3) is 17.2 Å². The highest BCUT2D eigenvalue weighted by atomic mass is 79.9. The van der Waals surface area contributed by atoms with Gasteiger partial charge in [0.2, 0.25) is 11.5 Å². The van der Waals surface area contributed by atoms with Crippen LogP contribution in [-0.4, -0.2) is 56.3 Å². The molecule has 0 saturated carbocycles. The predicted octanol–water partition coefficient (Wildman–Crippen LogP) is 3.80. The number of likely N-dealkylation sites (tertiary alicyclic amines) is 1. The molecule has 0 radical (unpaired) electrons. The van der Waals surface area contributed by atoms with Crippen LogP contribution in [0, 0.1) is 11.7 Å². The zero-order valence-corrected chi connectivity index (χ0v) is 20.4. The fourth-order valence-electron chi connectivity index (χ4n) is 3.47. The second-order valence-electron chi connectivity index (χ2n) is 8.85. The van der Waals surface area contributed by atoms with E-state index in [-0.39, 0.29) is 33.9 Å². The average Bonchev–Trinajstić information content (AvgIpc) is 3.39. The van der Waals surface area contributed by atoms with Gasteiger partial charge in [0.1, 0.15) is 11.4 Å². The lowest BCUT2D eigenvalue weighted by molar-refractivity contribution is 0.0163. The van der Waals surface area contributed by atoms with E-state index < -0.39 is 17.2 Å². The molecular weight excluding hydrogens is 517 g/mol. The number of rotatable bonds is 5. The monoisotopic (exact) mass is 539 g/mol. The first-order valence-electron chi connectivity index (χ1n) is 10.6. The van der Waals surface area contributed by atoms with Gasteiger partial charge in [-0.2, -0.15) is 0 Å². The van der Waals surface area contributed by atoms with E-state index in [1.165, 1.54) is 18.2 Å². The van der Waals surface area contributed by atoms with Gasteiger partial charge in [0.05, 0.1) is 16.8 Å². The van der Waals surface area contributed by atoms with Crippen LogP contribution in [0.3, 0.4) is 0 Å². The standard InChI is InChI=1S/C21H23BrFN5O6/c1-21(2,3)32-19(29)27-8-6-12(7-9-27)11-31-18-16(24-34-26-18)17-25-33-20(30)28(17)13-4-5-15(23)14(22)10-13/h4-5,10,12H,6-9,11H2,1-3H3. The van der Waals surface area contributed by atoms with Gasteiger partial charge in [-0.15, -0.1) is 0 Å². The van der Waals surface area contributed by atoms with Crippen molar-refractivity contribution in [2.75, 3.05) is 19.7 Å². The van der Waals surface area contributed by atoms with Gasteiger partial charge in [-0.1, -0.05) is 5.16 Å². The lowest BCUT2D eigenvalue weighted by Crippen LogP contribution is -2.42. The third-order valence-electron chi connectivity index (χ3n) is 5.16. The van der Waals surface area contributed by atoms with Crippen molar-refractivity contribution in [3.05, 3.63) is 39.0 Å². The Morgan fingerprint density at radius 2 is 1.97 bits per heavy atom. The largest absolute Gasteiger partial charge is 0.474 e. The van der Waals surface area contributed by atoms with E-state index in [9.17, 15) is 14.0 Å². The van der Waals surface area contributed by atoms with E-state index >= 15 is 0 Å². The lowest BCUT2D eigenvalue weighted by atomic mass is 9.98. The number of nitrogens with zero attached hydrogens (tertiary/aromatic N) is 5. The summed E-state index contributed by atoms with van der Waals surface area (Å²) in [5.41, 5.74) is -0.172. The molecule has 3 aromatic rings. The van der Waals surface area contributed by atoms with Gasteiger partial charge in [0.15, 0.2) is 0 Å². The number of carbonyl (C=O) groups is 1. The van der Waals surface area contributed by atoms with Crippen LogP contribution < -0.4 is 10.5 Å². The Balaban J connectivity index is 1.43. The zero-order chi connectivity index (χ0) is 24.5. The molecule has 182 valence electrons. The predicted molar refractivity (Wildman–Crippen MR) is 119 cm³/mol. The van der Waals surface area contributed by atoms with Crippen LogP contribution in [0.1, 0.15) is 33.6 Å². The second-order valence-corrected chi connectivity index (χ2v) is 9.70. The lowest BCUT2D eigenvalue weighted by Gasteiger charge is -2.33. The van der Waals surface area contributed by atoms with E-state index in [0.717, 1.165) is 17.4 Å². The Bertz CT molecular complexity index is 1220. The van der Waals surface area contributed by atoms with Crippen molar-refractivity contribution < 1.29 is 27.8 Å². The molecule has 34 heavy (non-hydrogen) atoms. The number of carbonyl (C=O) groups excluding carboxylic acids is 1. The number of aromatic nitrogens is 4. The highest BCUT2D eigenvalue weighted by Gasteiger charge is 2.29. The topological polar surface area (TPSA) is 126 Å². The van der Waals surface area contributed by atoms with E-state index in [0.29, 0.717) is 25.4 Å². The van der Waals surface area contributed by atoms with Gasteiger partial charge >= 0.3 is 11.8 Å². The SMILES string of the molecule is CC(C)(C)OC(=O)N1CCC(COc2nonc2-c2noc(=O)n2-c2ccc(F)c(Br)c2)CC1. The minimum atomic E-state index is -0.794. The van der Waals surface area contributed by atoms with Gasteiger partial charge in [0.25, 0.3) is 5.88 Å². The van der Waals surface area contributed by atoms with Crippen LogP contribution in [0.4, 0.5) is 9.18 Å². The molecule has 1 aromatic carbocycles. The van der Waals surface area contributed by atoms with Crippen LogP contribution in [-0.2, 0) is 4.74 Å². The number of ether oxygens (including phenoxy) is 2. The fourth-order valence-corrected chi connectivity index (χ4v) is 3.84. The van der Waals surface area contributed by atoms with Gasteiger partial charge in [-0.05, 0) is 84.0 Å². The summed E-state index contributed by atoms with van der Waals surface area (Å²) in [6, 6.07) is 4.00. The number of amides is 1. The van der Waals surface area contributed by atoms with Gasteiger partial charge in [0, 0.05) is 13.1 Å². The molecule has 0 bridgehead atoms. The summed E-state index contributed by atoms with van der Waals surface area (Å²) in [6.07, 6.45) is 1.11. The first-order chi connectivity index (χ1) is 16.1. The summed E-state index contributed by atoms with van der Waals surface area (Å²) in [6.45, 7) is 6.90. The van der Waals surface area contributed by atoms with Crippen LogP contribution >= 0.6 is 15.9 Å². The molecule has 1 fully saturated rings. The summed E-state index contributed by atoms with van der Waals surface area (Å²) in [4.78, 5) is 26.2. The van der Waals surface area contributed by atoms with Gasteiger partial charge in [-0.3, -0.25) is 4.52 Å². The molecule has 4 rings (SSSR count). The van der Waals surface area contributed by atoms with Gasteiger partial charge < -0.3 is 14.4 Å². The summed E-state index contributed by atoms with van der Waals surface area (Å²) >= 11 is 3.10. The molecule has 1 saturated heterocycles. The fraction of sp³-hybridized carbons (Fsp3) is 0.476. The molecule has 0 atom stereocenters. The van der Waals surface area contributed by atoms with Crippen molar-refractivity contribution >= 4 is 22.0 Å². The first kappa shape index (κ1) is 23.9. The van der Waals surface area contributed by atoms with E-state index in [4.69, 9.17) is 18.6 Å². The van der Waals surface area contributed by atoms with Gasteiger partial charge in [-0.25, -0.2) is 23.2 Å². The Kier molecular flexibility index (Phi) is 6.73. The molecule has 1 aliphatic rings. The highest BCUT2D eigenvalue weighted by Crippen LogP contribution is 2.28. The van der Waals surface area contributed by atoms with E-state index in [2.05, 4.69) is 31.4 Å². The Labute approximate surface area is 201 Å². The first-order valence-corrected chi connectivity index (χ1v) is 11.4. The maximum absolute atomic E-state index is 13.6. The van der Waals surface area contributed by atoms with Crippen molar-refractivity contribution in [2.24, 2.45) is 5.92 Å². The third kappa shape index (κ3) is 5.29. The molecule has 0 unspecified atom stereocenters. The quantitative estimate of drug-likeness (QED) is 0.475. The summed E-state index contributed by atoms with van der Waals surface area (Å²) in [5, 5.41) is 11.4. The molecule has 0 aliphatic carbocycles. The number of piperidine rings is 1. The van der Waals surface area contributed by atoms with E-state index in [1.807, 2.05) is 20.8 Å². The molecule has 11 nitrogen and oxygen atoms in total. The molecular formula is C21H23BrFN5O6. The van der Waals surface area contributed by atoms with Crippen molar-refractivity contribution in [3.8, 4) is 23.1 Å². The smallest absolute Gasteiger partial charge is 0.446 e. The normalized spacial score (nSPS) is 14.9. The number of hydrogen-bond acceptors (Lipinski definition) is 9. The number of halogens is 2. The zero-order valence-electron chi connectivity index (χ0n) is 18.8. The third-order valence-corrected chi connectivity index (χ3v) is 5.77. The minimum Gasteiger partial charge on any atom is -0.474 e. The second kappa shape index (κ2) is 9.57. The molecule has 1 amide bonds. The summed E-state index contributed by atoms with van der Waals surface area (Å²) in [7, 11) is 0. The van der Waals surface area contributed by atoms with Crippen LogP contribution in [0.5, 0.6) is 5.88 Å². The molecule has 3 heterocycles. The Hall–Kier alpha value is -3.22. The summed E-state index contributed by atoms with van der Waals surface area (Å²) < 4.78 is 35.8. The van der Waals surface area contributed by atoms with E-state index in [1.54, 1.807) is 4.90 Å². The van der Waals surface area contributed by atoms with Crippen molar-refractivity contribution in [3.63, 3.8) is 0 Å². The Morgan fingerprint density at radius 1 is 1.24 bits per heavy atom. The summed E-state index contributed by atoms with van der Waals surface area (Å²) in [5.74, 6) is -1.08. The maximum atomic E-state index is 13.6. The Morgan fingerprint density at radius 3 is 2.65 bits per heavy atom. The van der Waals surface area contributed by atoms with Crippen LogP contribution in [0.2, 0.25) is 0 Å². The average molecular weight is 540 g/mol.